The first-order valence-electron chi connectivity index (χ1n) is 8.48. The summed E-state index contributed by atoms with van der Waals surface area (Å²) in [5.41, 5.74) is 1.28. The minimum Gasteiger partial charge on any atom is -0.495 e. The van der Waals surface area contributed by atoms with Gasteiger partial charge in [-0.15, -0.1) is 11.3 Å². The van der Waals surface area contributed by atoms with Crippen LogP contribution in [0.5, 0.6) is 5.75 Å². The summed E-state index contributed by atoms with van der Waals surface area (Å²) in [6, 6.07) is 4.97. The molecule has 0 spiro atoms. The first kappa shape index (κ1) is 20.7. The molecule has 1 amide bonds. The van der Waals surface area contributed by atoms with E-state index in [1.807, 2.05) is 0 Å². The van der Waals surface area contributed by atoms with Crippen LogP contribution < -0.4 is 10.1 Å². The molecule has 1 N–H and O–H groups in total. The lowest BCUT2D eigenvalue weighted by Crippen LogP contribution is -2.30. The highest BCUT2D eigenvalue weighted by Gasteiger charge is 2.22. The highest BCUT2D eigenvalue weighted by Crippen LogP contribution is 2.31. The normalized spacial score (nSPS) is 11.6. The van der Waals surface area contributed by atoms with E-state index < -0.39 is 18.0 Å². The van der Waals surface area contributed by atoms with Crippen LogP contribution >= 0.6 is 22.9 Å². The Labute approximate surface area is 175 Å². The zero-order valence-corrected chi connectivity index (χ0v) is 17.4. The van der Waals surface area contributed by atoms with Crippen LogP contribution in [0.4, 0.5) is 5.69 Å². The molecule has 1 atom stereocenters. The Hall–Kier alpha value is -3.04. The number of aromatic nitrogens is 3. The molecule has 8 nitrogen and oxygen atoms in total. The number of esters is 1. The maximum absolute atomic E-state index is 12.5. The van der Waals surface area contributed by atoms with Crippen LogP contribution in [0.2, 0.25) is 5.02 Å². The molecule has 29 heavy (non-hydrogen) atoms. The molecule has 0 radical (unpaired) electrons. The quantitative estimate of drug-likeness (QED) is 0.591. The van der Waals surface area contributed by atoms with E-state index in [-0.39, 0.29) is 5.69 Å². The number of benzene rings is 1. The number of thiazole rings is 1. The van der Waals surface area contributed by atoms with E-state index in [1.54, 1.807) is 37.5 Å². The lowest BCUT2D eigenvalue weighted by Gasteiger charge is -2.15. The zero-order valence-electron chi connectivity index (χ0n) is 15.8. The molecule has 1 aromatic carbocycles. The summed E-state index contributed by atoms with van der Waals surface area (Å²) in [5.74, 6) is -0.419. The Morgan fingerprint density at radius 2 is 1.97 bits per heavy atom. The number of anilines is 1. The van der Waals surface area contributed by atoms with Gasteiger partial charge in [-0.2, -0.15) is 0 Å². The summed E-state index contributed by atoms with van der Waals surface area (Å²) in [4.78, 5) is 37.1. The van der Waals surface area contributed by atoms with Crippen molar-refractivity contribution in [2.45, 2.75) is 20.0 Å². The number of amides is 1. The van der Waals surface area contributed by atoms with Gasteiger partial charge in [-0.3, -0.25) is 4.79 Å². The number of ether oxygens (including phenoxy) is 2. The third-order valence-electron chi connectivity index (χ3n) is 3.86. The van der Waals surface area contributed by atoms with Gasteiger partial charge in [-0.05, 0) is 31.5 Å². The van der Waals surface area contributed by atoms with Gasteiger partial charge in [0.2, 0.25) is 0 Å². The maximum Gasteiger partial charge on any atom is 0.358 e. The highest BCUT2D eigenvalue weighted by molar-refractivity contribution is 7.13. The van der Waals surface area contributed by atoms with Gasteiger partial charge in [0.15, 0.2) is 22.6 Å². The van der Waals surface area contributed by atoms with Crippen molar-refractivity contribution in [3.8, 4) is 16.6 Å². The Balaban J connectivity index is 1.66. The Kier molecular flexibility index (Phi) is 6.40. The Morgan fingerprint density at radius 3 is 2.66 bits per heavy atom. The summed E-state index contributed by atoms with van der Waals surface area (Å²) >= 11 is 7.28. The molecule has 3 aromatic rings. The first-order valence-corrected chi connectivity index (χ1v) is 9.73. The summed E-state index contributed by atoms with van der Waals surface area (Å²) in [6.45, 7) is 3.27. The number of hydrogen-bond donors (Lipinski definition) is 1. The minimum absolute atomic E-state index is 0.0806. The molecule has 0 aliphatic heterocycles. The van der Waals surface area contributed by atoms with Crippen LogP contribution in [0.3, 0.4) is 0 Å². The van der Waals surface area contributed by atoms with Crippen molar-refractivity contribution < 1.29 is 19.1 Å². The number of aryl methyl sites for hydroxylation is 1. The van der Waals surface area contributed by atoms with E-state index in [9.17, 15) is 9.59 Å². The van der Waals surface area contributed by atoms with Crippen molar-refractivity contribution in [2.75, 3.05) is 12.4 Å². The second-order valence-corrected chi connectivity index (χ2v) is 7.21. The molecule has 0 saturated carbocycles. The topological polar surface area (TPSA) is 103 Å². The fourth-order valence-electron chi connectivity index (χ4n) is 2.32. The Bertz CT molecular complexity index is 1040. The molecule has 0 aliphatic carbocycles. The monoisotopic (exact) mass is 432 g/mol. The molecule has 0 fully saturated rings. The third-order valence-corrected chi connectivity index (χ3v) is 5.11. The van der Waals surface area contributed by atoms with Crippen LogP contribution in [0.25, 0.3) is 10.8 Å². The van der Waals surface area contributed by atoms with E-state index in [4.69, 9.17) is 21.1 Å². The van der Waals surface area contributed by atoms with Gasteiger partial charge in [0, 0.05) is 28.9 Å². The number of halogens is 1. The molecule has 0 aliphatic rings. The van der Waals surface area contributed by atoms with E-state index in [0.717, 1.165) is 5.56 Å². The van der Waals surface area contributed by atoms with Gasteiger partial charge >= 0.3 is 5.97 Å². The number of carbonyl (C=O) groups is 2. The molecule has 3 rings (SSSR count). The molecule has 0 bridgehead atoms. The smallest absolute Gasteiger partial charge is 0.358 e. The summed E-state index contributed by atoms with van der Waals surface area (Å²) in [6.07, 6.45) is 2.11. The van der Waals surface area contributed by atoms with Crippen LogP contribution in [0.1, 0.15) is 23.0 Å². The Morgan fingerprint density at radius 1 is 1.24 bits per heavy atom. The summed E-state index contributed by atoms with van der Waals surface area (Å²) in [5, 5.41) is 5.21. The predicted molar refractivity (Wildman–Crippen MR) is 109 cm³/mol. The van der Waals surface area contributed by atoms with Crippen LogP contribution in [-0.4, -0.2) is 40.0 Å². The molecule has 1 unspecified atom stereocenters. The molecule has 10 heteroatoms. The van der Waals surface area contributed by atoms with E-state index in [0.29, 0.717) is 27.3 Å². The lowest BCUT2D eigenvalue weighted by atomic mass is 10.2. The number of methoxy groups -OCH3 is 1. The molecule has 2 heterocycles. The average Bonchev–Trinajstić information content (AvgIpc) is 3.21. The first-order chi connectivity index (χ1) is 13.9. The van der Waals surface area contributed by atoms with Gasteiger partial charge in [0.05, 0.1) is 12.8 Å². The fraction of sp³-hybridized carbons (Fsp3) is 0.211. The summed E-state index contributed by atoms with van der Waals surface area (Å²) < 4.78 is 10.5. The van der Waals surface area contributed by atoms with Gasteiger partial charge in [-0.1, -0.05) is 11.6 Å². The molecule has 150 valence electrons. The van der Waals surface area contributed by atoms with Gasteiger partial charge < -0.3 is 14.8 Å². The summed E-state index contributed by atoms with van der Waals surface area (Å²) in [7, 11) is 1.47. The molecular weight excluding hydrogens is 416 g/mol. The van der Waals surface area contributed by atoms with Crippen molar-refractivity contribution in [3.05, 3.63) is 52.3 Å². The van der Waals surface area contributed by atoms with Crippen molar-refractivity contribution in [1.82, 2.24) is 15.0 Å². The fourth-order valence-corrected chi connectivity index (χ4v) is 3.21. The number of nitrogens with one attached hydrogen (secondary N) is 1. The lowest BCUT2D eigenvalue weighted by molar-refractivity contribution is -0.123. The molecule has 0 saturated heterocycles. The number of hydrogen-bond acceptors (Lipinski definition) is 8. The van der Waals surface area contributed by atoms with Crippen molar-refractivity contribution in [2.24, 2.45) is 0 Å². The highest BCUT2D eigenvalue weighted by atomic mass is 35.5. The van der Waals surface area contributed by atoms with Crippen LogP contribution in [0.15, 0.2) is 36.0 Å². The predicted octanol–water partition coefficient (Wildman–Crippen LogP) is 3.75. The number of carbonyl (C=O) groups excluding carboxylic acids is 2. The molecular formula is C19H17ClN4O4S. The van der Waals surface area contributed by atoms with Crippen molar-refractivity contribution >= 4 is 40.5 Å². The molecule has 2 aromatic heterocycles. The minimum atomic E-state index is -1.05. The van der Waals surface area contributed by atoms with Gasteiger partial charge in [0.25, 0.3) is 5.91 Å². The van der Waals surface area contributed by atoms with Crippen molar-refractivity contribution in [1.29, 1.82) is 0 Å². The zero-order chi connectivity index (χ0) is 21.0. The maximum atomic E-state index is 12.5. The standard InChI is InChI=1S/C19H17ClN4O4S/c1-10-7-13(15(27-3)8-12(10)20)23-17(25)11(2)28-19(26)14-9-29-18(24-14)16-21-5-4-6-22-16/h4-9,11H,1-3H3,(H,23,25). The van der Waals surface area contributed by atoms with Crippen LogP contribution in [-0.2, 0) is 9.53 Å². The van der Waals surface area contributed by atoms with Gasteiger partial charge in [-0.25, -0.2) is 19.7 Å². The second-order valence-electron chi connectivity index (χ2n) is 5.95. The third kappa shape index (κ3) is 4.87. The van der Waals surface area contributed by atoms with E-state index in [1.165, 1.54) is 30.8 Å². The SMILES string of the molecule is COc1cc(Cl)c(C)cc1NC(=O)C(C)OC(=O)c1csc(-c2ncccn2)n1. The van der Waals surface area contributed by atoms with E-state index in [2.05, 4.69) is 20.3 Å². The van der Waals surface area contributed by atoms with Crippen LogP contribution in [0, 0.1) is 6.92 Å². The van der Waals surface area contributed by atoms with Crippen molar-refractivity contribution in [3.63, 3.8) is 0 Å². The average molecular weight is 433 g/mol. The van der Waals surface area contributed by atoms with E-state index >= 15 is 0 Å². The van der Waals surface area contributed by atoms with Gasteiger partial charge in [0.1, 0.15) is 5.75 Å². The number of rotatable bonds is 6. The second kappa shape index (κ2) is 8.97. The number of nitrogens with zero attached hydrogens (tertiary/aromatic N) is 3. The largest absolute Gasteiger partial charge is 0.495 e.